The van der Waals surface area contributed by atoms with Gasteiger partial charge in [0.25, 0.3) is 11.8 Å². The van der Waals surface area contributed by atoms with Crippen LogP contribution in [0.3, 0.4) is 0 Å². The van der Waals surface area contributed by atoms with Crippen LogP contribution in [0.25, 0.3) is 0 Å². The number of hydrogen-bond donors (Lipinski definition) is 1. The number of thiazole rings is 1. The highest BCUT2D eigenvalue weighted by atomic mass is 79.9. The van der Waals surface area contributed by atoms with Gasteiger partial charge in [-0.15, -0.1) is 11.3 Å². The van der Waals surface area contributed by atoms with E-state index in [1.807, 2.05) is 6.92 Å². The summed E-state index contributed by atoms with van der Waals surface area (Å²) in [7, 11) is 0. The molecule has 1 unspecified atom stereocenters. The Morgan fingerprint density at radius 2 is 2.00 bits per heavy atom. The average Bonchev–Trinajstić information content (AvgIpc) is 3.01. The smallest absolute Gasteiger partial charge is 0.262 e. The molecule has 0 saturated carbocycles. The molecule has 3 amide bonds. The number of amides is 3. The molecule has 1 aliphatic heterocycles. The van der Waals surface area contributed by atoms with E-state index < -0.39 is 23.8 Å². The highest BCUT2D eigenvalue weighted by Crippen LogP contribution is 2.28. The zero-order chi connectivity index (χ0) is 16.7. The third-order valence-electron chi connectivity index (χ3n) is 3.50. The number of nitrogens with one attached hydrogen (secondary N) is 1. The van der Waals surface area contributed by atoms with E-state index in [-0.39, 0.29) is 0 Å². The minimum atomic E-state index is -0.926. The zero-order valence-electron chi connectivity index (χ0n) is 12.3. The van der Waals surface area contributed by atoms with E-state index in [1.54, 1.807) is 24.4 Å². The number of rotatable bonds is 3. The number of imide groups is 1. The minimum Gasteiger partial charge on any atom is -0.300 e. The SMILES string of the molecule is Cc1cnc(NC(=O)C(C)N2C(=O)c3ccc(Br)cc3C2=O)s1. The van der Waals surface area contributed by atoms with Crippen molar-refractivity contribution in [3.63, 3.8) is 0 Å². The molecule has 118 valence electrons. The highest BCUT2D eigenvalue weighted by molar-refractivity contribution is 9.10. The molecular formula is C15H12BrN3O3S. The fraction of sp³-hybridized carbons (Fsp3) is 0.200. The van der Waals surface area contributed by atoms with Crippen molar-refractivity contribution in [1.82, 2.24) is 9.88 Å². The van der Waals surface area contributed by atoms with Crippen LogP contribution in [0, 0.1) is 6.92 Å². The van der Waals surface area contributed by atoms with Gasteiger partial charge in [0.05, 0.1) is 11.1 Å². The lowest BCUT2D eigenvalue weighted by atomic mass is 10.1. The van der Waals surface area contributed by atoms with Gasteiger partial charge in [-0.2, -0.15) is 0 Å². The van der Waals surface area contributed by atoms with E-state index in [0.29, 0.717) is 20.7 Å². The predicted molar refractivity (Wildman–Crippen MR) is 89.6 cm³/mol. The molecule has 0 radical (unpaired) electrons. The molecule has 0 fully saturated rings. The van der Waals surface area contributed by atoms with Crippen molar-refractivity contribution < 1.29 is 14.4 Å². The van der Waals surface area contributed by atoms with Crippen molar-refractivity contribution in [3.05, 3.63) is 44.9 Å². The lowest BCUT2D eigenvalue weighted by Crippen LogP contribution is -2.45. The number of aromatic nitrogens is 1. The second-order valence-corrected chi connectivity index (χ2v) is 7.26. The van der Waals surface area contributed by atoms with Gasteiger partial charge in [-0.05, 0) is 32.0 Å². The molecule has 1 N–H and O–H groups in total. The Hall–Kier alpha value is -2.06. The topological polar surface area (TPSA) is 79.4 Å². The number of fused-ring (bicyclic) bond motifs is 1. The molecule has 1 aliphatic rings. The normalized spacial score (nSPS) is 14.8. The summed E-state index contributed by atoms with van der Waals surface area (Å²) in [6.45, 7) is 3.39. The van der Waals surface area contributed by atoms with Gasteiger partial charge >= 0.3 is 0 Å². The van der Waals surface area contributed by atoms with E-state index in [0.717, 1.165) is 9.78 Å². The van der Waals surface area contributed by atoms with Gasteiger partial charge in [-0.3, -0.25) is 19.3 Å². The van der Waals surface area contributed by atoms with Gasteiger partial charge in [0, 0.05) is 15.5 Å². The monoisotopic (exact) mass is 393 g/mol. The Balaban J connectivity index is 1.83. The van der Waals surface area contributed by atoms with Crippen molar-refractivity contribution in [2.45, 2.75) is 19.9 Å². The minimum absolute atomic E-state index is 0.300. The summed E-state index contributed by atoms with van der Waals surface area (Å²) in [5, 5.41) is 3.08. The molecule has 2 aromatic rings. The molecule has 1 aromatic heterocycles. The first kappa shape index (κ1) is 15.8. The Bertz CT molecular complexity index is 833. The quantitative estimate of drug-likeness (QED) is 0.812. The van der Waals surface area contributed by atoms with Gasteiger partial charge in [-0.1, -0.05) is 15.9 Å². The first-order valence-electron chi connectivity index (χ1n) is 6.79. The maximum atomic E-state index is 12.5. The number of aryl methyl sites for hydroxylation is 1. The van der Waals surface area contributed by atoms with Gasteiger partial charge < -0.3 is 5.32 Å². The number of halogens is 1. The van der Waals surface area contributed by atoms with Crippen LogP contribution in [0.2, 0.25) is 0 Å². The first-order chi connectivity index (χ1) is 10.9. The summed E-state index contributed by atoms with van der Waals surface area (Å²) >= 11 is 4.61. The van der Waals surface area contributed by atoms with E-state index in [4.69, 9.17) is 0 Å². The van der Waals surface area contributed by atoms with E-state index >= 15 is 0 Å². The molecule has 1 atom stereocenters. The third kappa shape index (κ3) is 2.79. The fourth-order valence-electron chi connectivity index (χ4n) is 2.32. The molecule has 0 aliphatic carbocycles. The second-order valence-electron chi connectivity index (χ2n) is 5.11. The number of anilines is 1. The van der Waals surface area contributed by atoms with Crippen LogP contribution in [0.4, 0.5) is 5.13 Å². The summed E-state index contributed by atoms with van der Waals surface area (Å²) in [5.74, 6) is -1.38. The maximum Gasteiger partial charge on any atom is 0.262 e. The molecular weight excluding hydrogens is 382 g/mol. The number of benzene rings is 1. The summed E-state index contributed by atoms with van der Waals surface area (Å²) in [5.41, 5.74) is 0.608. The standard InChI is InChI=1S/C15H12BrN3O3S/c1-7-6-17-15(23-7)18-12(20)8(2)19-13(21)10-4-3-9(16)5-11(10)14(19)22/h3-6,8H,1-2H3,(H,17,18,20). The number of carbonyl (C=O) groups excluding carboxylic acids is 3. The van der Waals surface area contributed by atoms with Crippen LogP contribution in [0.15, 0.2) is 28.9 Å². The van der Waals surface area contributed by atoms with Crippen molar-refractivity contribution in [1.29, 1.82) is 0 Å². The summed E-state index contributed by atoms with van der Waals surface area (Å²) < 4.78 is 0.703. The maximum absolute atomic E-state index is 12.5. The Kier molecular flexibility index (Phi) is 4.03. The molecule has 23 heavy (non-hydrogen) atoms. The summed E-state index contributed by atoms with van der Waals surface area (Å²) in [4.78, 5) is 43.2. The summed E-state index contributed by atoms with van der Waals surface area (Å²) in [6.07, 6.45) is 1.64. The van der Waals surface area contributed by atoms with Crippen molar-refractivity contribution >= 4 is 50.1 Å². The molecule has 0 saturated heterocycles. The van der Waals surface area contributed by atoms with Crippen LogP contribution in [0.5, 0.6) is 0 Å². The first-order valence-corrected chi connectivity index (χ1v) is 8.40. The molecule has 8 heteroatoms. The van der Waals surface area contributed by atoms with Crippen LogP contribution in [-0.4, -0.2) is 33.6 Å². The highest BCUT2D eigenvalue weighted by Gasteiger charge is 2.41. The van der Waals surface area contributed by atoms with Crippen LogP contribution in [-0.2, 0) is 4.79 Å². The predicted octanol–water partition coefficient (Wildman–Crippen LogP) is 2.84. The second kappa shape index (κ2) is 5.86. The summed E-state index contributed by atoms with van der Waals surface area (Å²) in [6, 6.07) is 3.93. The van der Waals surface area contributed by atoms with Gasteiger partial charge in [-0.25, -0.2) is 4.98 Å². The van der Waals surface area contributed by atoms with Gasteiger partial charge in [0.15, 0.2) is 5.13 Å². The van der Waals surface area contributed by atoms with Crippen molar-refractivity contribution in [3.8, 4) is 0 Å². The molecule has 0 spiro atoms. The van der Waals surface area contributed by atoms with E-state index in [9.17, 15) is 14.4 Å². The lowest BCUT2D eigenvalue weighted by molar-refractivity contribution is -0.119. The van der Waals surface area contributed by atoms with Gasteiger partial charge in [0.2, 0.25) is 5.91 Å². The number of hydrogen-bond acceptors (Lipinski definition) is 5. The van der Waals surface area contributed by atoms with Crippen LogP contribution >= 0.6 is 27.3 Å². The van der Waals surface area contributed by atoms with Crippen LogP contribution in [0.1, 0.15) is 32.5 Å². The lowest BCUT2D eigenvalue weighted by Gasteiger charge is -2.21. The fourth-order valence-corrected chi connectivity index (χ4v) is 3.35. The van der Waals surface area contributed by atoms with E-state index in [1.165, 1.54) is 18.3 Å². The molecule has 2 heterocycles. The number of carbonyl (C=O) groups is 3. The molecule has 1 aromatic carbocycles. The zero-order valence-corrected chi connectivity index (χ0v) is 14.7. The third-order valence-corrected chi connectivity index (χ3v) is 4.82. The Labute approximate surface area is 144 Å². The van der Waals surface area contributed by atoms with Crippen molar-refractivity contribution in [2.24, 2.45) is 0 Å². The van der Waals surface area contributed by atoms with Gasteiger partial charge in [0.1, 0.15) is 6.04 Å². The van der Waals surface area contributed by atoms with E-state index in [2.05, 4.69) is 26.2 Å². The largest absolute Gasteiger partial charge is 0.300 e. The van der Waals surface area contributed by atoms with Crippen LogP contribution < -0.4 is 5.32 Å². The Morgan fingerprint density at radius 1 is 1.30 bits per heavy atom. The molecule has 6 nitrogen and oxygen atoms in total. The average molecular weight is 394 g/mol. The number of nitrogens with zero attached hydrogens (tertiary/aromatic N) is 2. The molecule has 0 bridgehead atoms. The molecule has 3 rings (SSSR count). The Morgan fingerprint density at radius 3 is 2.65 bits per heavy atom. The van der Waals surface area contributed by atoms with Crippen molar-refractivity contribution in [2.75, 3.05) is 5.32 Å².